The second-order valence-electron chi connectivity index (χ2n) is 3.81. The fourth-order valence-electron chi connectivity index (χ4n) is 1.35. The minimum absolute atomic E-state index is 0. The van der Waals surface area contributed by atoms with Gasteiger partial charge in [0.1, 0.15) is 0 Å². The Morgan fingerprint density at radius 3 is 2.26 bits per heavy atom. The van der Waals surface area contributed by atoms with E-state index in [1.807, 2.05) is 0 Å². The van der Waals surface area contributed by atoms with E-state index in [-0.39, 0.29) is 29.9 Å². The molecule has 6 nitrogen and oxygen atoms in total. The normalized spacial score (nSPS) is 10.6. The lowest BCUT2D eigenvalue weighted by atomic mass is 10.2. The third kappa shape index (κ3) is 13.7. The molecule has 0 saturated heterocycles. The molecule has 0 heterocycles. The van der Waals surface area contributed by atoms with Crippen molar-refractivity contribution in [3.05, 3.63) is 0 Å². The molecular weight excluding hydrogens is 361 g/mol. The third-order valence-corrected chi connectivity index (χ3v) is 2.37. The zero-order valence-electron chi connectivity index (χ0n) is 12.0. The number of hydrogen-bond acceptors (Lipinski definition) is 4. The van der Waals surface area contributed by atoms with Gasteiger partial charge in [-0.05, 0) is 19.3 Å². The lowest BCUT2D eigenvalue weighted by Gasteiger charge is -2.11. The predicted molar refractivity (Wildman–Crippen MR) is 87.1 cm³/mol. The van der Waals surface area contributed by atoms with Crippen LogP contribution < -0.4 is 10.6 Å². The summed E-state index contributed by atoms with van der Waals surface area (Å²) >= 11 is 0. The van der Waals surface area contributed by atoms with Crippen molar-refractivity contribution in [3.8, 4) is 0 Å². The van der Waals surface area contributed by atoms with Gasteiger partial charge >= 0.3 is 5.97 Å². The minimum atomic E-state index is -0.155. The highest BCUT2D eigenvalue weighted by molar-refractivity contribution is 14.0. The van der Waals surface area contributed by atoms with Crippen molar-refractivity contribution in [2.24, 2.45) is 4.99 Å². The van der Waals surface area contributed by atoms with Gasteiger partial charge < -0.3 is 20.1 Å². The van der Waals surface area contributed by atoms with Crippen molar-refractivity contribution in [2.75, 3.05) is 41.0 Å². The van der Waals surface area contributed by atoms with Crippen LogP contribution >= 0.6 is 24.0 Å². The summed E-state index contributed by atoms with van der Waals surface area (Å²) in [6.45, 7) is 2.36. The molecule has 0 aromatic heterocycles. The van der Waals surface area contributed by atoms with Crippen LogP contribution in [0, 0.1) is 0 Å². The molecule has 0 aliphatic carbocycles. The van der Waals surface area contributed by atoms with Gasteiger partial charge in [-0.15, -0.1) is 24.0 Å². The molecule has 19 heavy (non-hydrogen) atoms. The van der Waals surface area contributed by atoms with E-state index in [9.17, 15) is 4.79 Å². The molecule has 0 bridgehead atoms. The van der Waals surface area contributed by atoms with E-state index in [2.05, 4.69) is 20.4 Å². The van der Waals surface area contributed by atoms with Gasteiger partial charge in [0.15, 0.2) is 5.96 Å². The molecule has 114 valence electrons. The van der Waals surface area contributed by atoms with Crippen molar-refractivity contribution < 1.29 is 14.3 Å². The van der Waals surface area contributed by atoms with Crippen molar-refractivity contribution >= 4 is 35.9 Å². The van der Waals surface area contributed by atoms with E-state index >= 15 is 0 Å². The summed E-state index contributed by atoms with van der Waals surface area (Å²) in [6, 6.07) is 0. The first-order valence-electron chi connectivity index (χ1n) is 6.24. The summed E-state index contributed by atoms with van der Waals surface area (Å²) < 4.78 is 9.53. The predicted octanol–water partition coefficient (Wildman–Crippen LogP) is 1.15. The van der Waals surface area contributed by atoms with Crippen LogP contribution in [0.4, 0.5) is 0 Å². The second kappa shape index (κ2) is 15.5. The zero-order valence-corrected chi connectivity index (χ0v) is 14.4. The fourth-order valence-corrected chi connectivity index (χ4v) is 1.35. The maximum absolute atomic E-state index is 10.9. The van der Waals surface area contributed by atoms with Crippen LogP contribution in [0.1, 0.15) is 25.7 Å². The molecule has 7 heteroatoms. The molecule has 0 unspecified atom stereocenters. The lowest BCUT2D eigenvalue weighted by Crippen LogP contribution is -2.38. The quantitative estimate of drug-likeness (QED) is 0.204. The Hall–Kier alpha value is -0.570. The molecule has 0 fully saturated rings. The highest BCUT2D eigenvalue weighted by Crippen LogP contribution is 1.95. The first-order chi connectivity index (χ1) is 8.74. The second-order valence-corrected chi connectivity index (χ2v) is 3.81. The Kier molecular flexibility index (Phi) is 16.9. The summed E-state index contributed by atoms with van der Waals surface area (Å²) in [4.78, 5) is 15.0. The summed E-state index contributed by atoms with van der Waals surface area (Å²) in [5.74, 6) is 0.626. The largest absolute Gasteiger partial charge is 0.469 e. The van der Waals surface area contributed by atoms with Crippen molar-refractivity contribution in [1.29, 1.82) is 0 Å². The number of hydrogen-bond donors (Lipinski definition) is 2. The molecule has 2 N–H and O–H groups in total. The van der Waals surface area contributed by atoms with Gasteiger partial charge in [-0.1, -0.05) is 0 Å². The van der Waals surface area contributed by atoms with E-state index in [4.69, 9.17) is 4.74 Å². The van der Waals surface area contributed by atoms with Crippen LogP contribution in [0.2, 0.25) is 0 Å². The topological polar surface area (TPSA) is 72.0 Å². The Balaban J connectivity index is 0. The van der Waals surface area contributed by atoms with Crippen LogP contribution in [-0.2, 0) is 14.3 Å². The van der Waals surface area contributed by atoms with E-state index in [0.717, 1.165) is 44.9 Å². The number of methoxy groups -OCH3 is 2. The Morgan fingerprint density at radius 2 is 1.74 bits per heavy atom. The average molecular weight is 387 g/mol. The van der Waals surface area contributed by atoms with Crippen LogP contribution in [0.5, 0.6) is 0 Å². The SMILES string of the molecule is CN=C(NCCCCC(=O)OC)NCCCOC.I. The highest BCUT2D eigenvalue weighted by Gasteiger charge is 2.00. The number of aliphatic imine (C=N–C) groups is 1. The molecule has 0 radical (unpaired) electrons. The van der Waals surface area contributed by atoms with Crippen LogP contribution in [-0.4, -0.2) is 52.9 Å². The maximum atomic E-state index is 10.9. The number of nitrogens with one attached hydrogen (secondary N) is 2. The standard InChI is InChI=1S/C12H25N3O3.HI/c1-13-12(15-9-6-10-17-2)14-8-5-4-7-11(16)18-3;/h4-10H2,1-3H3,(H2,13,14,15);1H. The molecule has 0 amide bonds. The van der Waals surface area contributed by atoms with Gasteiger partial charge in [-0.2, -0.15) is 0 Å². The van der Waals surface area contributed by atoms with Gasteiger partial charge in [0.2, 0.25) is 0 Å². The molecule has 0 aromatic rings. The highest BCUT2D eigenvalue weighted by atomic mass is 127. The van der Waals surface area contributed by atoms with Gasteiger partial charge in [-0.25, -0.2) is 0 Å². The monoisotopic (exact) mass is 387 g/mol. The first-order valence-corrected chi connectivity index (χ1v) is 6.24. The number of ether oxygens (including phenoxy) is 2. The number of halogens is 1. The number of rotatable bonds is 9. The number of nitrogens with zero attached hydrogens (tertiary/aromatic N) is 1. The smallest absolute Gasteiger partial charge is 0.305 e. The molecule has 0 spiro atoms. The Labute approximate surface area is 132 Å². The van der Waals surface area contributed by atoms with E-state index < -0.39 is 0 Å². The van der Waals surface area contributed by atoms with Gasteiger partial charge in [0.25, 0.3) is 0 Å². The van der Waals surface area contributed by atoms with E-state index in [1.165, 1.54) is 7.11 Å². The third-order valence-electron chi connectivity index (χ3n) is 2.37. The Bertz CT molecular complexity index is 250. The fraction of sp³-hybridized carbons (Fsp3) is 0.833. The van der Waals surface area contributed by atoms with Crippen LogP contribution in [0.25, 0.3) is 0 Å². The summed E-state index contributed by atoms with van der Waals surface area (Å²) in [6.07, 6.45) is 3.14. The van der Waals surface area contributed by atoms with E-state index in [0.29, 0.717) is 6.42 Å². The van der Waals surface area contributed by atoms with Gasteiger partial charge in [0.05, 0.1) is 7.11 Å². The molecule has 0 atom stereocenters. The summed E-state index contributed by atoms with van der Waals surface area (Å²) in [7, 11) is 4.83. The molecule has 0 rings (SSSR count). The Morgan fingerprint density at radius 1 is 1.11 bits per heavy atom. The summed E-state index contributed by atoms with van der Waals surface area (Å²) in [5.41, 5.74) is 0. The molecule has 0 aromatic carbocycles. The molecular formula is C12H26IN3O3. The zero-order chi connectivity index (χ0) is 13.6. The summed E-state index contributed by atoms with van der Waals surface area (Å²) in [5, 5.41) is 6.37. The van der Waals surface area contributed by atoms with Gasteiger partial charge in [0, 0.05) is 40.3 Å². The molecule has 0 aliphatic rings. The van der Waals surface area contributed by atoms with Crippen LogP contribution in [0.15, 0.2) is 4.99 Å². The number of esters is 1. The van der Waals surface area contributed by atoms with Crippen molar-refractivity contribution in [3.63, 3.8) is 0 Å². The molecule has 0 saturated carbocycles. The molecule has 0 aliphatic heterocycles. The average Bonchev–Trinajstić information content (AvgIpc) is 2.40. The maximum Gasteiger partial charge on any atom is 0.305 e. The minimum Gasteiger partial charge on any atom is -0.469 e. The number of unbranched alkanes of at least 4 members (excludes halogenated alkanes) is 1. The number of guanidine groups is 1. The van der Waals surface area contributed by atoms with Gasteiger partial charge in [-0.3, -0.25) is 9.79 Å². The van der Waals surface area contributed by atoms with Crippen molar-refractivity contribution in [2.45, 2.75) is 25.7 Å². The van der Waals surface area contributed by atoms with Crippen molar-refractivity contribution in [1.82, 2.24) is 10.6 Å². The van der Waals surface area contributed by atoms with E-state index in [1.54, 1.807) is 14.2 Å². The first kappa shape index (κ1) is 20.7. The van der Waals surface area contributed by atoms with Crippen LogP contribution in [0.3, 0.4) is 0 Å². The number of carbonyl (C=O) groups excluding carboxylic acids is 1. The number of carbonyl (C=O) groups is 1. The lowest BCUT2D eigenvalue weighted by molar-refractivity contribution is -0.140.